The zero-order valence-electron chi connectivity index (χ0n) is 15.5. The largest absolute Gasteiger partial charge is 0.493 e. The average molecular weight is 415 g/mol. The Balaban J connectivity index is 2.07. The number of benzene rings is 1. The number of carbonyl (C=O) groups excluding carboxylic acids is 1. The number of ether oxygens (including phenoxy) is 2. The Kier molecular flexibility index (Phi) is 7.11. The molecule has 0 unspecified atom stereocenters. The van der Waals surface area contributed by atoms with Crippen molar-refractivity contribution >= 4 is 32.4 Å². The van der Waals surface area contributed by atoms with Crippen LogP contribution in [0.2, 0.25) is 0 Å². The molecule has 27 heavy (non-hydrogen) atoms. The van der Waals surface area contributed by atoms with Gasteiger partial charge in [-0.3, -0.25) is 4.79 Å². The van der Waals surface area contributed by atoms with Crippen LogP contribution in [0.25, 0.3) is 0 Å². The van der Waals surface area contributed by atoms with E-state index in [0.717, 1.165) is 11.3 Å². The molecule has 0 spiro atoms. The molecule has 2 rings (SSSR count). The number of nitrogens with zero attached hydrogens (tertiary/aromatic N) is 2. The number of anilines is 1. The molecular weight excluding hydrogens is 392 g/mol. The van der Waals surface area contributed by atoms with E-state index in [1.54, 1.807) is 25.1 Å². The summed E-state index contributed by atoms with van der Waals surface area (Å²) in [5, 5.41) is 9.92. The molecule has 2 aromatic rings. The van der Waals surface area contributed by atoms with E-state index in [1.807, 2.05) is 13.8 Å². The van der Waals surface area contributed by atoms with Crippen LogP contribution in [0, 0.1) is 0 Å². The first-order chi connectivity index (χ1) is 12.7. The second kappa shape index (κ2) is 9.11. The van der Waals surface area contributed by atoms with Gasteiger partial charge in [0, 0.05) is 13.0 Å². The van der Waals surface area contributed by atoms with Gasteiger partial charge in [-0.25, -0.2) is 13.1 Å². The number of nitrogens with one attached hydrogen (secondary N) is 2. The van der Waals surface area contributed by atoms with Crippen LogP contribution in [0.5, 0.6) is 11.5 Å². The van der Waals surface area contributed by atoms with Crippen LogP contribution < -0.4 is 19.5 Å². The molecule has 0 radical (unpaired) electrons. The fourth-order valence-corrected chi connectivity index (χ4v) is 3.96. The van der Waals surface area contributed by atoms with Gasteiger partial charge in [0.2, 0.25) is 15.4 Å². The normalized spacial score (nSPS) is 11.4. The zero-order chi connectivity index (χ0) is 20.0. The number of carbonyl (C=O) groups is 1. The van der Waals surface area contributed by atoms with Crippen LogP contribution in [0.4, 0.5) is 5.13 Å². The lowest BCUT2D eigenvalue weighted by molar-refractivity contribution is -0.115. The smallest absolute Gasteiger partial charge is 0.270 e. The third kappa shape index (κ3) is 5.88. The predicted molar refractivity (Wildman–Crippen MR) is 102 cm³/mol. The van der Waals surface area contributed by atoms with Gasteiger partial charge in [0.15, 0.2) is 11.5 Å². The fraction of sp³-hybridized carbons (Fsp3) is 0.438. The molecule has 0 saturated heterocycles. The van der Waals surface area contributed by atoms with Gasteiger partial charge >= 0.3 is 0 Å². The van der Waals surface area contributed by atoms with Gasteiger partial charge in [0.1, 0.15) is 0 Å². The van der Waals surface area contributed by atoms with Crippen molar-refractivity contribution in [1.29, 1.82) is 0 Å². The maximum Gasteiger partial charge on any atom is 0.270 e. The first-order valence-electron chi connectivity index (χ1n) is 8.21. The van der Waals surface area contributed by atoms with Crippen LogP contribution in [-0.4, -0.2) is 37.7 Å². The van der Waals surface area contributed by atoms with Gasteiger partial charge in [-0.05, 0) is 31.5 Å². The summed E-state index contributed by atoms with van der Waals surface area (Å²) in [6, 6.07) is 5.18. The van der Waals surface area contributed by atoms with Crippen molar-refractivity contribution in [3.8, 4) is 11.5 Å². The van der Waals surface area contributed by atoms with Crippen LogP contribution in [0.1, 0.15) is 32.8 Å². The molecule has 2 N–H and O–H groups in total. The van der Waals surface area contributed by atoms with E-state index in [0.29, 0.717) is 17.1 Å². The first-order valence-corrected chi connectivity index (χ1v) is 10.5. The minimum atomic E-state index is -3.86. The lowest BCUT2D eigenvalue weighted by atomic mass is 10.2. The number of rotatable bonds is 9. The highest BCUT2D eigenvalue weighted by Gasteiger charge is 2.21. The maximum atomic E-state index is 12.4. The Morgan fingerprint density at radius 2 is 2.00 bits per heavy atom. The predicted octanol–water partition coefficient (Wildman–Crippen LogP) is 2.16. The van der Waals surface area contributed by atoms with E-state index in [1.165, 1.54) is 7.11 Å². The summed E-state index contributed by atoms with van der Waals surface area (Å²) in [5.41, 5.74) is 0.690. The van der Waals surface area contributed by atoms with Crippen molar-refractivity contribution < 1.29 is 22.7 Å². The van der Waals surface area contributed by atoms with Crippen molar-refractivity contribution in [3.63, 3.8) is 0 Å². The molecule has 0 atom stereocenters. The van der Waals surface area contributed by atoms with Crippen LogP contribution >= 0.6 is 11.3 Å². The van der Waals surface area contributed by atoms with E-state index in [4.69, 9.17) is 9.47 Å². The average Bonchev–Trinajstić information content (AvgIpc) is 3.09. The van der Waals surface area contributed by atoms with Crippen LogP contribution in [0.15, 0.2) is 22.5 Å². The van der Waals surface area contributed by atoms with Gasteiger partial charge in [-0.2, -0.15) is 0 Å². The molecule has 11 heteroatoms. The van der Waals surface area contributed by atoms with Crippen molar-refractivity contribution in [2.45, 2.75) is 44.2 Å². The third-order valence-corrected chi connectivity index (χ3v) is 5.87. The Bertz CT molecular complexity index is 896. The van der Waals surface area contributed by atoms with E-state index in [-0.39, 0.29) is 34.4 Å². The van der Waals surface area contributed by atoms with Gasteiger partial charge in [0.05, 0.1) is 13.2 Å². The molecule has 0 aliphatic rings. The van der Waals surface area contributed by atoms with Crippen molar-refractivity contribution in [2.75, 3.05) is 12.4 Å². The molecule has 0 aliphatic carbocycles. The van der Waals surface area contributed by atoms with Gasteiger partial charge in [-0.1, -0.05) is 24.3 Å². The number of methoxy groups -OCH3 is 1. The zero-order valence-corrected chi connectivity index (χ0v) is 17.1. The Morgan fingerprint density at radius 1 is 1.26 bits per heavy atom. The second-order valence-electron chi connectivity index (χ2n) is 5.75. The summed E-state index contributed by atoms with van der Waals surface area (Å²) in [4.78, 5) is 11.3. The Morgan fingerprint density at radius 3 is 2.63 bits per heavy atom. The highest BCUT2D eigenvalue weighted by Crippen LogP contribution is 2.29. The number of sulfonamides is 1. The molecule has 1 heterocycles. The van der Waals surface area contributed by atoms with E-state index in [9.17, 15) is 13.2 Å². The number of amides is 1. The van der Waals surface area contributed by atoms with Crippen LogP contribution in [-0.2, 0) is 21.4 Å². The SMILES string of the molecule is CCC(=O)Nc1nnc(S(=O)(=O)NCc2ccc(OC(C)C)c(OC)c2)s1. The third-order valence-electron chi connectivity index (χ3n) is 3.26. The molecule has 0 fully saturated rings. The standard InChI is InChI=1S/C16H22N4O5S2/c1-5-14(21)18-15-19-20-16(26-15)27(22,23)17-9-11-6-7-12(25-10(2)3)13(8-11)24-4/h6-8,10,17H,5,9H2,1-4H3,(H,18,19,21). The Hall–Kier alpha value is -2.24. The van der Waals surface area contributed by atoms with Crippen molar-refractivity contribution in [1.82, 2.24) is 14.9 Å². The lowest BCUT2D eigenvalue weighted by Crippen LogP contribution is -2.23. The monoisotopic (exact) mass is 414 g/mol. The van der Waals surface area contributed by atoms with Crippen molar-refractivity contribution in [3.05, 3.63) is 23.8 Å². The highest BCUT2D eigenvalue weighted by atomic mass is 32.2. The molecule has 0 aliphatic heterocycles. The summed E-state index contributed by atoms with van der Waals surface area (Å²) in [5.74, 6) is 0.833. The van der Waals surface area contributed by atoms with E-state index >= 15 is 0 Å². The molecule has 0 bridgehead atoms. The van der Waals surface area contributed by atoms with Crippen molar-refractivity contribution in [2.24, 2.45) is 0 Å². The molecule has 1 aromatic heterocycles. The van der Waals surface area contributed by atoms with Gasteiger partial charge in [-0.15, -0.1) is 10.2 Å². The van der Waals surface area contributed by atoms with Gasteiger partial charge in [0.25, 0.3) is 10.0 Å². The lowest BCUT2D eigenvalue weighted by Gasteiger charge is -2.14. The molecule has 1 amide bonds. The second-order valence-corrected chi connectivity index (χ2v) is 8.67. The number of aromatic nitrogens is 2. The topological polar surface area (TPSA) is 120 Å². The summed E-state index contributed by atoms with van der Waals surface area (Å²) in [6.45, 7) is 5.53. The fourth-order valence-electron chi connectivity index (χ4n) is 1.99. The molecule has 0 saturated carbocycles. The molecule has 1 aromatic carbocycles. The van der Waals surface area contributed by atoms with E-state index in [2.05, 4.69) is 20.2 Å². The maximum absolute atomic E-state index is 12.4. The van der Waals surface area contributed by atoms with Gasteiger partial charge < -0.3 is 14.8 Å². The number of hydrogen-bond donors (Lipinski definition) is 2. The summed E-state index contributed by atoms with van der Waals surface area (Å²) in [7, 11) is -2.34. The van der Waals surface area contributed by atoms with E-state index < -0.39 is 10.0 Å². The summed E-state index contributed by atoms with van der Waals surface area (Å²) >= 11 is 0.786. The minimum Gasteiger partial charge on any atom is -0.493 e. The first kappa shape index (κ1) is 21.1. The number of hydrogen-bond acceptors (Lipinski definition) is 8. The quantitative estimate of drug-likeness (QED) is 0.603. The molecular formula is C16H22N4O5S2. The minimum absolute atomic E-state index is 0.0111. The molecule has 9 nitrogen and oxygen atoms in total. The molecule has 148 valence electrons. The van der Waals surface area contributed by atoms with Crippen LogP contribution in [0.3, 0.4) is 0 Å². The summed E-state index contributed by atoms with van der Waals surface area (Å²) in [6.07, 6.45) is 0.251. The Labute approximate surface area is 162 Å². The summed E-state index contributed by atoms with van der Waals surface area (Å²) < 4.78 is 37.9. The highest BCUT2D eigenvalue weighted by molar-refractivity contribution is 7.91.